The molecule has 7 heteroatoms. The van der Waals surface area contributed by atoms with Gasteiger partial charge < -0.3 is 24.1 Å². The molecule has 0 saturated heterocycles. The Morgan fingerprint density at radius 1 is 1.06 bits per heavy atom. The smallest absolute Gasteiger partial charge is 0.312 e. The summed E-state index contributed by atoms with van der Waals surface area (Å²) >= 11 is 0. The number of aromatic hydroxyl groups is 1. The number of methoxy groups -OCH3 is 1. The first-order valence-corrected chi connectivity index (χ1v) is 9.70. The van der Waals surface area contributed by atoms with Gasteiger partial charge in [0.2, 0.25) is 12.5 Å². The summed E-state index contributed by atoms with van der Waals surface area (Å²) in [4.78, 5) is 25.3. The van der Waals surface area contributed by atoms with E-state index in [0.29, 0.717) is 33.9 Å². The zero-order valence-corrected chi connectivity index (χ0v) is 16.6. The number of carbonyl (C=O) groups excluding carboxylic acids is 2. The zero-order valence-electron chi connectivity index (χ0n) is 16.6. The van der Waals surface area contributed by atoms with Crippen LogP contribution in [0.15, 0.2) is 54.6 Å². The fraction of sp³-hybridized carbons (Fsp3) is 0.167. The molecule has 1 atom stereocenters. The third kappa shape index (κ3) is 3.15. The van der Waals surface area contributed by atoms with Crippen molar-refractivity contribution in [3.63, 3.8) is 0 Å². The van der Waals surface area contributed by atoms with E-state index in [1.807, 2.05) is 6.07 Å². The van der Waals surface area contributed by atoms with Gasteiger partial charge in [-0.05, 0) is 29.8 Å². The van der Waals surface area contributed by atoms with Crippen LogP contribution in [0, 0.1) is 0 Å². The Morgan fingerprint density at radius 2 is 1.87 bits per heavy atom. The summed E-state index contributed by atoms with van der Waals surface area (Å²) in [6.07, 6.45) is -0.00760. The molecule has 0 bridgehead atoms. The van der Waals surface area contributed by atoms with E-state index in [2.05, 4.69) is 0 Å². The van der Waals surface area contributed by atoms with E-state index in [4.69, 9.17) is 18.9 Å². The van der Waals surface area contributed by atoms with Crippen molar-refractivity contribution in [1.82, 2.24) is 0 Å². The maximum atomic E-state index is 13.0. The highest BCUT2D eigenvalue weighted by atomic mass is 16.7. The number of ketones is 1. The number of carbonyl (C=O) groups is 2. The number of phenolic OH excluding ortho intramolecular Hbond substituents is 1. The zero-order chi connectivity index (χ0) is 21.5. The van der Waals surface area contributed by atoms with Gasteiger partial charge in [0, 0.05) is 17.0 Å². The first-order valence-electron chi connectivity index (χ1n) is 9.70. The lowest BCUT2D eigenvalue weighted by atomic mass is 9.83. The van der Waals surface area contributed by atoms with E-state index >= 15 is 0 Å². The predicted octanol–water partition coefficient (Wildman–Crippen LogP) is 3.80. The highest BCUT2D eigenvalue weighted by molar-refractivity contribution is 6.11. The molecule has 7 nitrogen and oxygen atoms in total. The lowest BCUT2D eigenvalue weighted by molar-refractivity contribution is -0.135. The van der Waals surface area contributed by atoms with E-state index in [-0.39, 0.29) is 36.1 Å². The van der Waals surface area contributed by atoms with Crippen LogP contribution < -0.4 is 18.9 Å². The molecule has 0 spiro atoms. The Bertz CT molecular complexity index is 1200. The summed E-state index contributed by atoms with van der Waals surface area (Å²) < 4.78 is 21.7. The van der Waals surface area contributed by atoms with Gasteiger partial charge in [-0.25, -0.2) is 0 Å². The molecule has 2 aliphatic rings. The second-order valence-corrected chi connectivity index (χ2v) is 7.26. The fourth-order valence-corrected chi connectivity index (χ4v) is 4.01. The Kier molecular flexibility index (Phi) is 4.51. The Hall–Kier alpha value is -4.00. The molecule has 0 radical (unpaired) electrons. The lowest BCUT2D eigenvalue weighted by Crippen LogP contribution is -2.22. The van der Waals surface area contributed by atoms with Crippen LogP contribution in [0.5, 0.6) is 28.7 Å². The fourth-order valence-electron chi connectivity index (χ4n) is 4.01. The SMILES string of the molecule is COc1cc([C@@H]2CC(=O)Oc3ccc(C(=O)c4ccccc4)c(O)c32)cc2c1OCO2. The van der Waals surface area contributed by atoms with Crippen molar-refractivity contribution in [2.24, 2.45) is 0 Å². The number of hydrogen-bond donors (Lipinski definition) is 1. The van der Waals surface area contributed by atoms with E-state index in [0.717, 1.165) is 0 Å². The summed E-state index contributed by atoms with van der Waals surface area (Å²) in [5, 5.41) is 11.1. The number of benzene rings is 3. The van der Waals surface area contributed by atoms with Gasteiger partial charge >= 0.3 is 5.97 Å². The molecule has 0 aliphatic carbocycles. The quantitative estimate of drug-likeness (QED) is 0.391. The third-order valence-corrected chi connectivity index (χ3v) is 5.48. The molecule has 0 fully saturated rings. The standard InChI is InChI=1S/C24H18O7/c1-28-18-9-14(10-19-24(18)30-12-29-19)16-11-20(25)31-17-8-7-15(23(27)21(16)17)22(26)13-5-3-2-4-6-13/h2-10,16,27H,11-12H2,1H3/t16-/m0/s1. The number of hydrogen-bond acceptors (Lipinski definition) is 7. The van der Waals surface area contributed by atoms with E-state index < -0.39 is 11.9 Å². The largest absolute Gasteiger partial charge is 0.507 e. The van der Waals surface area contributed by atoms with Crippen molar-refractivity contribution in [3.8, 4) is 28.7 Å². The monoisotopic (exact) mass is 418 g/mol. The van der Waals surface area contributed by atoms with Crippen LogP contribution >= 0.6 is 0 Å². The van der Waals surface area contributed by atoms with Gasteiger partial charge in [-0.1, -0.05) is 30.3 Å². The minimum atomic E-state index is -0.553. The number of ether oxygens (including phenoxy) is 4. The van der Waals surface area contributed by atoms with Crippen molar-refractivity contribution in [2.75, 3.05) is 13.9 Å². The van der Waals surface area contributed by atoms with Crippen molar-refractivity contribution >= 4 is 11.8 Å². The second-order valence-electron chi connectivity index (χ2n) is 7.26. The molecule has 3 aromatic rings. The van der Waals surface area contributed by atoms with Crippen LogP contribution in [0.1, 0.15) is 39.4 Å². The molecule has 0 amide bonds. The Balaban J connectivity index is 1.65. The molecule has 0 aromatic heterocycles. The molecule has 3 aromatic carbocycles. The molecule has 5 rings (SSSR count). The van der Waals surface area contributed by atoms with Gasteiger partial charge in [-0.3, -0.25) is 9.59 Å². The molecule has 0 saturated carbocycles. The second kappa shape index (κ2) is 7.36. The van der Waals surface area contributed by atoms with Crippen molar-refractivity contribution < 1.29 is 33.6 Å². The van der Waals surface area contributed by atoms with Crippen LogP contribution in [0.3, 0.4) is 0 Å². The van der Waals surface area contributed by atoms with Crippen molar-refractivity contribution in [1.29, 1.82) is 0 Å². The van der Waals surface area contributed by atoms with Crippen molar-refractivity contribution in [3.05, 3.63) is 76.9 Å². The normalized spacial score (nSPS) is 16.4. The van der Waals surface area contributed by atoms with Crippen LogP contribution in [-0.2, 0) is 4.79 Å². The summed E-state index contributed by atoms with van der Waals surface area (Å²) in [5.41, 5.74) is 1.65. The summed E-state index contributed by atoms with van der Waals surface area (Å²) in [7, 11) is 1.51. The molecule has 1 N–H and O–H groups in total. The van der Waals surface area contributed by atoms with Gasteiger partial charge in [-0.15, -0.1) is 0 Å². The number of phenols is 1. The lowest BCUT2D eigenvalue weighted by Gasteiger charge is -2.27. The van der Waals surface area contributed by atoms with Gasteiger partial charge in [0.1, 0.15) is 11.5 Å². The van der Waals surface area contributed by atoms with Crippen molar-refractivity contribution in [2.45, 2.75) is 12.3 Å². The van der Waals surface area contributed by atoms with Gasteiger partial charge in [-0.2, -0.15) is 0 Å². The van der Waals surface area contributed by atoms with E-state index in [1.54, 1.807) is 42.5 Å². The van der Waals surface area contributed by atoms with Crippen LogP contribution in [0.2, 0.25) is 0 Å². The summed E-state index contributed by atoms with van der Waals surface area (Å²) in [6, 6.07) is 15.2. The minimum absolute atomic E-state index is 0.00760. The summed E-state index contributed by atoms with van der Waals surface area (Å²) in [6.45, 7) is 0.0689. The number of rotatable bonds is 4. The van der Waals surface area contributed by atoms with Gasteiger partial charge in [0.05, 0.1) is 19.1 Å². The first-order chi connectivity index (χ1) is 15.1. The topological polar surface area (TPSA) is 91.3 Å². The highest BCUT2D eigenvalue weighted by Gasteiger charge is 2.35. The van der Waals surface area contributed by atoms with Crippen LogP contribution in [-0.4, -0.2) is 30.8 Å². The molecular weight excluding hydrogens is 400 g/mol. The Labute approximate surface area is 177 Å². The molecule has 31 heavy (non-hydrogen) atoms. The number of fused-ring (bicyclic) bond motifs is 2. The minimum Gasteiger partial charge on any atom is -0.507 e. The maximum Gasteiger partial charge on any atom is 0.312 e. The molecule has 0 unspecified atom stereocenters. The number of esters is 1. The average molecular weight is 418 g/mol. The summed E-state index contributed by atoms with van der Waals surface area (Å²) in [5.74, 6) is 0.147. The molecule has 2 aliphatic heterocycles. The van der Waals surface area contributed by atoms with Gasteiger partial charge in [0.25, 0.3) is 0 Å². The average Bonchev–Trinajstić information content (AvgIpc) is 3.27. The highest BCUT2D eigenvalue weighted by Crippen LogP contribution is 2.49. The van der Waals surface area contributed by atoms with Crippen LogP contribution in [0.4, 0.5) is 0 Å². The van der Waals surface area contributed by atoms with E-state index in [1.165, 1.54) is 13.2 Å². The third-order valence-electron chi connectivity index (χ3n) is 5.48. The maximum absolute atomic E-state index is 13.0. The van der Waals surface area contributed by atoms with Gasteiger partial charge in [0.15, 0.2) is 17.3 Å². The molecule has 2 heterocycles. The Morgan fingerprint density at radius 3 is 2.65 bits per heavy atom. The van der Waals surface area contributed by atoms with Crippen LogP contribution in [0.25, 0.3) is 0 Å². The molecular formula is C24H18O7. The first kappa shape index (κ1) is 19.0. The predicted molar refractivity (Wildman–Crippen MR) is 109 cm³/mol. The van der Waals surface area contributed by atoms with E-state index in [9.17, 15) is 14.7 Å². The molecule has 156 valence electrons.